The van der Waals surface area contributed by atoms with Crippen molar-refractivity contribution in [3.63, 3.8) is 0 Å². The van der Waals surface area contributed by atoms with Gasteiger partial charge in [0.1, 0.15) is 6.04 Å². The molecule has 0 spiro atoms. The molecule has 0 bridgehead atoms. The number of nitrogens with one attached hydrogen (secondary N) is 1. The molecule has 0 fully saturated rings. The van der Waals surface area contributed by atoms with Gasteiger partial charge in [-0.15, -0.1) is 0 Å². The van der Waals surface area contributed by atoms with Crippen LogP contribution in [0.3, 0.4) is 0 Å². The molecule has 1 amide bonds. The number of esters is 1. The Bertz CT molecular complexity index is 835. The Labute approximate surface area is 153 Å². The molecule has 26 heavy (non-hydrogen) atoms. The number of methoxy groups -OCH3 is 1. The van der Waals surface area contributed by atoms with Gasteiger partial charge in [-0.05, 0) is 24.1 Å². The average Bonchev–Trinajstić information content (AvgIpc) is 2.66. The van der Waals surface area contributed by atoms with E-state index in [9.17, 15) is 18.0 Å². The Hall–Kier alpha value is -2.67. The molecule has 2 aromatic rings. The number of carbonyl (C=O) groups excluding carboxylic acids is 2. The summed E-state index contributed by atoms with van der Waals surface area (Å²) in [5.41, 5.74) is 0.797. The van der Waals surface area contributed by atoms with Gasteiger partial charge in [-0.3, -0.25) is 4.79 Å². The normalized spacial score (nSPS) is 12.2. The maximum Gasteiger partial charge on any atom is 0.328 e. The number of hydrogen-bond donors (Lipinski definition) is 1. The van der Waals surface area contributed by atoms with Gasteiger partial charge >= 0.3 is 5.97 Å². The smallest absolute Gasteiger partial charge is 0.328 e. The standard InChI is InChI=1S/C19H21NO5S/c1-25-19(22)17(20-18(21)14-15-8-4-2-5-9-15)12-13-26(23,24)16-10-6-3-7-11-16/h2-11,17H,12-14H2,1H3,(H,20,21)/t17-/m1/s1. The second-order valence-corrected chi connectivity index (χ2v) is 7.84. The van der Waals surface area contributed by atoms with Crippen molar-refractivity contribution >= 4 is 21.7 Å². The van der Waals surface area contributed by atoms with Crippen molar-refractivity contribution in [2.75, 3.05) is 12.9 Å². The molecular weight excluding hydrogens is 354 g/mol. The fourth-order valence-electron chi connectivity index (χ4n) is 2.44. The van der Waals surface area contributed by atoms with Gasteiger partial charge in [0.15, 0.2) is 9.84 Å². The lowest BCUT2D eigenvalue weighted by Gasteiger charge is -2.16. The first-order chi connectivity index (χ1) is 12.4. The van der Waals surface area contributed by atoms with Gasteiger partial charge in [-0.2, -0.15) is 0 Å². The Morgan fingerprint density at radius 1 is 1.00 bits per heavy atom. The Kier molecular flexibility index (Phi) is 6.91. The molecular formula is C19H21NO5S. The zero-order valence-electron chi connectivity index (χ0n) is 14.4. The van der Waals surface area contributed by atoms with Crippen molar-refractivity contribution < 1.29 is 22.7 Å². The van der Waals surface area contributed by atoms with Crippen LogP contribution >= 0.6 is 0 Å². The number of carbonyl (C=O) groups is 2. The molecule has 0 aliphatic carbocycles. The third-order valence-corrected chi connectivity index (χ3v) is 5.57. The van der Waals surface area contributed by atoms with E-state index in [2.05, 4.69) is 10.1 Å². The first-order valence-electron chi connectivity index (χ1n) is 8.11. The van der Waals surface area contributed by atoms with E-state index in [4.69, 9.17) is 0 Å². The highest BCUT2D eigenvalue weighted by Gasteiger charge is 2.25. The van der Waals surface area contributed by atoms with E-state index in [0.717, 1.165) is 5.56 Å². The van der Waals surface area contributed by atoms with Crippen LogP contribution in [0, 0.1) is 0 Å². The summed E-state index contributed by atoms with van der Waals surface area (Å²) in [6.45, 7) is 0. The van der Waals surface area contributed by atoms with E-state index < -0.39 is 21.8 Å². The first-order valence-corrected chi connectivity index (χ1v) is 9.76. The Balaban J connectivity index is 2.01. The molecule has 1 atom stereocenters. The van der Waals surface area contributed by atoms with Gasteiger partial charge in [0.25, 0.3) is 0 Å². The average molecular weight is 375 g/mol. The molecule has 138 valence electrons. The largest absolute Gasteiger partial charge is 0.467 e. The molecule has 7 heteroatoms. The summed E-state index contributed by atoms with van der Waals surface area (Å²) in [4.78, 5) is 24.3. The van der Waals surface area contributed by atoms with E-state index in [-0.39, 0.29) is 29.4 Å². The zero-order valence-corrected chi connectivity index (χ0v) is 15.2. The van der Waals surface area contributed by atoms with Crippen molar-refractivity contribution in [2.45, 2.75) is 23.8 Å². The van der Waals surface area contributed by atoms with E-state index in [1.807, 2.05) is 18.2 Å². The maximum atomic E-state index is 12.4. The van der Waals surface area contributed by atoms with Crippen LogP contribution in [0.4, 0.5) is 0 Å². The third-order valence-electron chi connectivity index (χ3n) is 3.81. The summed E-state index contributed by atoms with van der Waals surface area (Å²) in [6, 6.07) is 16.0. The van der Waals surface area contributed by atoms with Crippen molar-refractivity contribution in [3.05, 3.63) is 66.2 Å². The topological polar surface area (TPSA) is 89.5 Å². The van der Waals surface area contributed by atoms with Crippen LogP contribution in [0.2, 0.25) is 0 Å². The highest BCUT2D eigenvalue weighted by Crippen LogP contribution is 2.12. The van der Waals surface area contributed by atoms with E-state index >= 15 is 0 Å². The Morgan fingerprint density at radius 2 is 1.58 bits per heavy atom. The first kappa shape index (κ1) is 19.7. The van der Waals surface area contributed by atoms with Crippen LogP contribution in [0.15, 0.2) is 65.6 Å². The fourth-order valence-corrected chi connectivity index (χ4v) is 3.79. The number of amides is 1. The second-order valence-electron chi connectivity index (χ2n) is 5.73. The summed E-state index contributed by atoms with van der Waals surface area (Å²) in [6.07, 6.45) is 0.0319. The van der Waals surface area contributed by atoms with Gasteiger partial charge < -0.3 is 10.1 Å². The summed E-state index contributed by atoms with van der Waals surface area (Å²) < 4.78 is 29.4. The molecule has 2 aromatic carbocycles. The third kappa shape index (κ3) is 5.70. The monoisotopic (exact) mass is 375 g/mol. The molecule has 0 aromatic heterocycles. The molecule has 6 nitrogen and oxygen atoms in total. The SMILES string of the molecule is COC(=O)[C@@H](CCS(=O)(=O)c1ccccc1)NC(=O)Cc1ccccc1. The zero-order chi connectivity index (χ0) is 19.0. The predicted octanol–water partition coefficient (Wildman–Crippen LogP) is 1.75. The molecule has 0 saturated heterocycles. The maximum absolute atomic E-state index is 12.4. The van der Waals surface area contributed by atoms with Gasteiger partial charge in [0, 0.05) is 0 Å². The van der Waals surface area contributed by atoms with Gasteiger partial charge in [-0.1, -0.05) is 48.5 Å². The minimum absolute atomic E-state index is 0.0650. The van der Waals surface area contributed by atoms with Crippen molar-refractivity contribution in [2.24, 2.45) is 0 Å². The summed E-state index contributed by atoms with van der Waals surface area (Å²) in [7, 11) is -2.35. The quantitative estimate of drug-likeness (QED) is 0.710. The van der Waals surface area contributed by atoms with Crippen LogP contribution in [0.5, 0.6) is 0 Å². The number of hydrogen-bond acceptors (Lipinski definition) is 5. The number of sulfone groups is 1. The van der Waals surface area contributed by atoms with Crippen LogP contribution in [-0.2, 0) is 30.6 Å². The van der Waals surface area contributed by atoms with Gasteiger partial charge in [0.2, 0.25) is 5.91 Å². The molecule has 0 radical (unpaired) electrons. The van der Waals surface area contributed by atoms with Crippen LogP contribution in [0.1, 0.15) is 12.0 Å². The Morgan fingerprint density at radius 3 is 2.15 bits per heavy atom. The minimum Gasteiger partial charge on any atom is -0.467 e. The summed E-state index contributed by atoms with van der Waals surface area (Å²) >= 11 is 0. The molecule has 0 aliphatic heterocycles. The summed E-state index contributed by atoms with van der Waals surface area (Å²) in [5.74, 6) is -1.32. The highest BCUT2D eigenvalue weighted by atomic mass is 32.2. The molecule has 1 N–H and O–H groups in total. The predicted molar refractivity (Wildman–Crippen MR) is 97.2 cm³/mol. The van der Waals surface area contributed by atoms with E-state index in [1.54, 1.807) is 30.3 Å². The number of benzene rings is 2. The highest BCUT2D eigenvalue weighted by molar-refractivity contribution is 7.91. The number of rotatable bonds is 8. The number of ether oxygens (including phenoxy) is 1. The molecule has 0 saturated carbocycles. The lowest BCUT2D eigenvalue weighted by atomic mass is 10.1. The summed E-state index contributed by atoms with van der Waals surface area (Å²) in [5, 5.41) is 2.56. The second kappa shape index (κ2) is 9.15. The van der Waals surface area contributed by atoms with E-state index in [1.165, 1.54) is 19.2 Å². The van der Waals surface area contributed by atoms with Crippen LogP contribution in [0.25, 0.3) is 0 Å². The van der Waals surface area contributed by atoms with Gasteiger partial charge in [0.05, 0.1) is 24.2 Å². The lowest BCUT2D eigenvalue weighted by molar-refractivity contribution is -0.145. The molecule has 0 aliphatic rings. The molecule has 0 unspecified atom stereocenters. The van der Waals surface area contributed by atoms with Crippen LogP contribution in [-0.4, -0.2) is 39.2 Å². The van der Waals surface area contributed by atoms with E-state index in [0.29, 0.717) is 0 Å². The molecule has 0 heterocycles. The van der Waals surface area contributed by atoms with Crippen LogP contribution < -0.4 is 5.32 Å². The molecule has 2 rings (SSSR count). The minimum atomic E-state index is -3.55. The fraction of sp³-hybridized carbons (Fsp3) is 0.263. The van der Waals surface area contributed by atoms with Crippen molar-refractivity contribution in [1.29, 1.82) is 0 Å². The van der Waals surface area contributed by atoms with Crippen molar-refractivity contribution in [1.82, 2.24) is 5.32 Å². The van der Waals surface area contributed by atoms with Crippen molar-refractivity contribution in [3.8, 4) is 0 Å². The lowest BCUT2D eigenvalue weighted by Crippen LogP contribution is -2.43. The van der Waals surface area contributed by atoms with Gasteiger partial charge in [-0.25, -0.2) is 13.2 Å².